The van der Waals surface area contributed by atoms with Crippen molar-refractivity contribution in [1.82, 2.24) is 5.32 Å². The Morgan fingerprint density at radius 3 is 1.89 bits per heavy atom. The van der Waals surface area contributed by atoms with E-state index in [4.69, 9.17) is 5.73 Å². The van der Waals surface area contributed by atoms with Crippen LogP contribution >= 0.6 is 0 Å². The van der Waals surface area contributed by atoms with E-state index in [9.17, 15) is 4.79 Å². The number of anilines is 1. The van der Waals surface area contributed by atoms with Gasteiger partial charge in [-0.15, -0.1) is 0 Å². The topological polar surface area (TPSA) is 55.1 Å². The first kappa shape index (κ1) is 24.5. The number of nitrogens with one attached hydrogen (secondary N) is 1. The van der Waals surface area contributed by atoms with Crippen LogP contribution in [-0.2, 0) is 0 Å². The van der Waals surface area contributed by atoms with E-state index in [-0.39, 0.29) is 5.91 Å². The van der Waals surface area contributed by atoms with Gasteiger partial charge in [0.05, 0.1) is 27.2 Å². The lowest BCUT2D eigenvalue weighted by Gasteiger charge is -2.30. The summed E-state index contributed by atoms with van der Waals surface area (Å²) in [6, 6.07) is 7.08. The van der Waals surface area contributed by atoms with E-state index < -0.39 is 0 Å². The zero-order chi connectivity index (χ0) is 20.7. The molecule has 160 valence electrons. The number of nitrogens with zero attached hydrogens (tertiary/aromatic N) is 1. The first-order valence-corrected chi connectivity index (χ1v) is 11.4. The Morgan fingerprint density at radius 1 is 0.821 bits per heavy atom. The summed E-state index contributed by atoms with van der Waals surface area (Å²) in [6.45, 7) is 5.32. The molecule has 0 bridgehead atoms. The van der Waals surface area contributed by atoms with Crippen LogP contribution in [0.15, 0.2) is 24.3 Å². The van der Waals surface area contributed by atoms with Crippen molar-refractivity contribution in [3.05, 3.63) is 29.8 Å². The number of nitrogens with two attached hydrogens (primary N) is 1. The van der Waals surface area contributed by atoms with Gasteiger partial charge in [0, 0.05) is 24.2 Å². The van der Waals surface area contributed by atoms with Crippen molar-refractivity contribution in [1.29, 1.82) is 0 Å². The minimum absolute atomic E-state index is 0.0139. The van der Waals surface area contributed by atoms with Crippen LogP contribution in [-0.4, -0.2) is 44.1 Å². The predicted molar refractivity (Wildman–Crippen MR) is 121 cm³/mol. The number of hydrogen-bond donors (Lipinski definition) is 2. The van der Waals surface area contributed by atoms with Crippen molar-refractivity contribution in [2.75, 3.05) is 39.5 Å². The average Bonchev–Trinajstić information content (AvgIpc) is 2.67. The minimum atomic E-state index is -0.0139. The molecule has 4 heteroatoms. The van der Waals surface area contributed by atoms with E-state index in [0.717, 1.165) is 24.0 Å². The second-order valence-electron chi connectivity index (χ2n) is 8.80. The Bertz CT molecular complexity index is 525. The van der Waals surface area contributed by atoms with Crippen molar-refractivity contribution < 1.29 is 9.28 Å². The fourth-order valence-corrected chi connectivity index (χ4v) is 3.58. The Morgan fingerprint density at radius 2 is 1.32 bits per heavy atom. The maximum atomic E-state index is 12.1. The van der Waals surface area contributed by atoms with Crippen LogP contribution in [0.1, 0.15) is 87.9 Å². The molecule has 1 aromatic rings. The molecule has 0 saturated heterocycles. The SMILES string of the molecule is CCCCCCCCCCCC[N+](C)(C)CCCNC(=O)c1ccc(N)cc1. The minimum Gasteiger partial charge on any atom is -0.399 e. The van der Waals surface area contributed by atoms with E-state index in [1.165, 1.54) is 70.8 Å². The number of amides is 1. The van der Waals surface area contributed by atoms with Crippen molar-refractivity contribution in [3.63, 3.8) is 0 Å². The number of rotatable bonds is 16. The lowest BCUT2D eigenvalue weighted by molar-refractivity contribution is -0.890. The van der Waals surface area contributed by atoms with E-state index in [0.29, 0.717) is 11.3 Å². The quantitative estimate of drug-likeness (QED) is 0.226. The van der Waals surface area contributed by atoms with E-state index >= 15 is 0 Å². The highest BCUT2D eigenvalue weighted by Gasteiger charge is 2.14. The number of nitrogen functional groups attached to an aromatic ring is 1. The monoisotopic (exact) mass is 390 g/mol. The van der Waals surface area contributed by atoms with Crippen LogP contribution in [0.5, 0.6) is 0 Å². The van der Waals surface area contributed by atoms with Crippen LogP contribution in [0.25, 0.3) is 0 Å². The second kappa shape index (κ2) is 14.4. The number of benzene rings is 1. The van der Waals surface area contributed by atoms with Gasteiger partial charge in [-0.3, -0.25) is 4.79 Å². The van der Waals surface area contributed by atoms with Crippen molar-refractivity contribution in [3.8, 4) is 0 Å². The molecule has 0 aliphatic heterocycles. The maximum absolute atomic E-state index is 12.1. The summed E-state index contributed by atoms with van der Waals surface area (Å²) in [5.41, 5.74) is 7.02. The fourth-order valence-electron chi connectivity index (χ4n) is 3.58. The Kier molecular flexibility index (Phi) is 12.6. The van der Waals surface area contributed by atoms with Gasteiger partial charge in [0.25, 0.3) is 5.91 Å². The Hall–Kier alpha value is -1.55. The van der Waals surface area contributed by atoms with Crippen LogP contribution < -0.4 is 11.1 Å². The van der Waals surface area contributed by atoms with Gasteiger partial charge in [0.2, 0.25) is 0 Å². The summed E-state index contributed by atoms with van der Waals surface area (Å²) in [6.07, 6.45) is 14.9. The Labute approximate surface area is 173 Å². The highest BCUT2D eigenvalue weighted by atomic mass is 16.1. The van der Waals surface area contributed by atoms with Crippen molar-refractivity contribution >= 4 is 11.6 Å². The molecular weight excluding hydrogens is 346 g/mol. The molecule has 1 amide bonds. The van der Waals surface area contributed by atoms with Gasteiger partial charge in [-0.05, 0) is 37.1 Å². The van der Waals surface area contributed by atoms with E-state index in [1.54, 1.807) is 24.3 Å². The van der Waals surface area contributed by atoms with Crippen LogP contribution in [0.3, 0.4) is 0 Å². The predicted octanol–water partition coefficient (Wildman–Crippen LogP) is 5.39. The van der Waals surface area contributed by atoms with Gasteiger partial charge in [-0.2, -0.15) is 0 Å². The lowest BCUT2D eigenvalue weighted by Crippen LogP contribution is -2.42. The van der Waals surface area contributed by atoms with Gasteiger partial charge in [0.1, 0.15) is 0 Å². The molecule has 0 aliphatic rings. The summed E-state index contributed by atoms with van der Waals surface area (Å²) < 4.78 is 1.04. The Balaban J connectivity index is 2.02. The largest absolute Gasteiger partial charge is 0.399 e. The number of quaternary nitrogens is 1. The normalized spacial score (nSPS) is 11.5. The van der Waals surface area contributed by atoms with Crippen LogP contribution in [0, 0.1) is 0 Å². The second-order valence-corrected chi connectivity index (χ2v) is 8.80. The van der Waals surface area contributed by atoms with Gasteiger partial charge in [0.15, 0.2) is 0 Å². The van der Waals surface area contributed by atoms with Crippen LogP contribution in [0.4, 0.5) is 5.69 Å². The molecule has 0 aliphatic carbocycles. The summed E-state index contributed by atoms with van der Waals surface area (Å²) in [7, 11) is 4.60. The fraction of sp³-hybridized carbons (Fsp3) is 0.708. The van der Waals surface area contributed by atoms with Gasteiger partial charge >= 0.3 is 0 Å². The number of hydrogen-bond acceptors (Lipinski definition) is 2. The highest BCUT2D eigenvalue weighted by molar-refractivity contribution is 5.94. The molecule has 0 saturated carbocycles. The molecule has 0 aromatic heterocycles. The third-order valence-electron chi connectivity index (χ3n) is 5.52. The number of carbonyl (C=O) groups is 1. The van der Waals surface area contributed by atoms with E-state index in [2.05, 4.69) is 26.3 Å². The zero-order valence-electron chi connectivity index (χ0n) is 18.6. The number of unbranched alkanes of at least 4 members (excludes halogenated alkanes) is 9. The first-order chi connectivity index (χ1) is 13.4. The van der Waals surface area contributed by atoms with Crippen molar-refractivity contribution in [2.24, 2.45) is 0 Å². The molecule has 0 spiro atoms. The molecule has 4 nitrogen and oxygen atoms in total. The summed E-state index contributed by atoms with van der Waals surface area (Å²) >= 11 is 0. The first-order valence-electron chi connectivity index (χ1n) is 11.4. The average molecular weight is 391 g/mol. The maximum Gasteiger partial charge on any atom is 0.251 e. The van der Waals surface area contributed by atoms with E-state index in [1.807, 2.05) is 0 Å². The van der Waals surface area contributed by atoms with Gasteiger partial charge < -0.3 is 15.5 Å². The zero-order valence-corrected chi connectivity index (χ0v) is 18.6. The summed E-state index contributed by atoms with van der Waals surface area (Å²) in [4.78, 5) is 12.1. The van der Waals surface area contributed by atoms with Gasteiger partial charge in [-0.25, -0.2) is 0 Å². The molecule has 1 rings (SSSR count). The highest BCUT2D eigenvalue weighted by Crippen LogP contribution is 2.12. The number of carbonyl (C=O) groups excluding carboxylic acids is 1. The standard InChI is InChI=1S/C24H43N3O/c1-4-5-6-7-8-9-10-11-12-13-20-27(2,3)21-14-19-26-24(28)22-15-17-23(25)18-16-22/h15-18H,4-14,19-21H2,1-3H3,(H2-,25,26,28)/p+1. The molecule has 0 fully saturated rings. The summed E-state index contributed by atoms with van der Waals surface area (Å²) in [5, 5.41) is 3.01. The molecular formula is C24H44N3O+. The smallest absolute Gasteiger partial charge is 0.251 e. The van der Waals surface area contributed by atoms with Crippen molar-refractivity contribution in [2.45, 2.75) is 77.6 Å². The molecule has 0 radical (unpaired) electrons. The molecule has 3 N–H and O–H groups in total. The molecule has 28 heavy (non-hydrogen) atoms. The van der Waals surface area contributed by atoms with Gasteiger partial charge in [-0.1, -0.05) is 58.3 Å². The van der Waals surface area contributed by atoms with Crippen LogP contribution in [0.2, 0.25) is 0 Å². The summed E-state index contributed by atoms with van der Waals surface area (Å²) in [5.74, 6) is -0.0139. The molecule has 0 atom stereocenters. The molecule has 0 unspecified atom stereocenters. The lowest BCUT2D eigenvalue weighted by atomic mass is 10.1. The third-order valence-corrected chi connectivity index (χ3v) is 5.52. The third kappa shape index (κ3) is 12.0. The molecule has 0 heterocycles. The molecule has 1 aromatic carbocycles.